The second-order valence-electron chi connectivity index (χ2n) is 2.12. The monoisotopic (exact) mass is 221 g/mol. The summed E-state index contributed by atoms with van der Waals surface area (Å²) < 4.78 is 4.73. The molecule has 1 aromatic rings. The number of pyridine rings is 1. The second-order valence-corrected chi connectivity index (χ2v) is 2.89. The van der Waals surface area contributed by atoms with Crippen molar-refractivity contribution in [2.24, 2.45) is 0 Å². The molecule has 0 fully saturated rings. The molecule has 0 aliphatic carbocycles. The molecule has 0 aliphatic heterocycles. The van der Waals surface area contributed by atoms with Gasteiger partial charge in [0.1, 0.15) is 10.2 Å². The molecule has 0 amide bonds. The summed E-state index contributed by atoms with van der Waals surface area (Å²) in [7, 11) is 1.33. The van der Waals surface area contributed by atoms with Crippen LogP contribution in [-0.4, -0.2) is 23.2 Å². The van der Waals surface area contributed by atoms with Crippen LogP contribution >= 0.6 is 23.2 Å². The first-order chi connectivity index (χ1) is 6.06. The Morgan fingerprint density at radius 1 is 1.62 bits per heavy atom. The molecule has 1 aromatic heterocycles. The summed E-state index contributed by atoms with van der Waals surface area (Å²) in [5, 5.41) is 8.65. The van der Waals surface area contributed by atoms with Gasteiger partial charge in [-0.2, -0.15) is 0 Å². The molecule has 0 saturated carbocycles. The average Bonchev–Trinajstić information content (AvgIpc) is 2.08. The normalized spacial score (nSPS) is 9.77. The largest absolute Gasteiger partial charge is 0.480 e. The lowest BCUT2D eigenvalue weighted by molar-refractivity contribution is 0.0696. The van der Waals surface area contributed by atoms with Crippen molar-refractivity contribution in [3.8, 4) is 5.88 Å². The Bertz CT molecular complexity index is 354. The highest BCUT2D eigenvalue weighted by molar-refractivity contribution is 6.36. The van der Waals surface area contributed by atoms with Gasteiger partial charge >= 0.3 is 5.97 Å². The third kappa shape index (κ3) is 2.02. The molecule has 0 saturated heterocycles. The number of rotatable bonds is 2. The van der Waals surface area contributed by atoms with Crippen LogP contribution in [0.2, 0.25) is 10.2 Å². The van der Waals surface area contributed by atoms with E-state index in [2.05, 4.69) is 4.98 Å². The predicted octanol–water partition coefficient (Wildman–Crippen LogP) is 2.10. The Balaban J connectivity index is 3.35. The van der Waals surface area contributed by atoms with Gasteiger partial charge in [0.15, 0.2) is 0 Å². The highest BCUT2D eigenvalue weighted by Gasteiger charge is 2.15. The molecule has 4 nitrogen and oxygen atoms in total. The van der Waals surface area contributed by atoms with E-state index in [1.807, 2.05) is 0 Å². The lowest BCUT2D eigenvalue weighted by Crippen LogP contribution is -2.01. The first kappa shape index (κ1) is 10.1. The highest BCUT2D eigenvalue weighted by Crippen LogP contribution is 2.28. The van der Waals surface area contributed by atoms with E-state index in [-0.39, 0.29) is 21.6 Å². The molecule has 0 radical (unpaired) electrons. The minimum absolute atomic E-state index is 0.00608. The van der Waals surface area contributed by atoms with Crippen LogP contribution in [0.1, 0.15) is 10.4 Å². The van der Waals surface area contributed by atoms with Gasteiger partial charge in [-0.25, -0.2) is 9.78 Å². The lowest BCUT2D eigenvalue weighted by atomic mass is 10.3. The number of aromatic nitrogens is 1. The molecular weight excluding hydrogens is 217 g/mol. The molecule has 6 heteroatoms. The van der Waals surface area contributed by atoms with Crippen LogP contribution < -0.4 is 4.74 Å². The van der Waals surface area contributed by atoms with Gasteiger partial charge in [-0.15, -0.1) is 0 Å². The first-order valence-electron chi connectivity index (χ1n) is 3.19. The molecule has 0 aromatic carbocycles. The summed E-state index contributed by atoms with van der Waals surface area (Å²) in [5.74, 6) is -1.17. The molecule has 70 valence electrons. The van der Waals surface area contributed by atoms with E-state index in [9.17, 15) is 4.79 Å². The van der Waals surface area contributed by atoms with Crippen LogP contribution in [-0.2, 0) is 0 Å². The third-order valence-electron chi connectivity index (χ3n) is 1.32. The molecule has 1 rings (SSSR count). The van der Waals surface area contributed by atoms with Gasteiger partial charge in [0.2, 0.25) is 5.88 Å². The van der Waals surface area contributed by atoms with Crippen molar-refractivity contribution < 1.29 is 14.6 Å². The zero-order valence-electron chi connectivity index (χ0n) is 6.54. The SMILES string of the molecule is COc1nc(Cl)cc(C(=O)O)c1Cl. The maximum Gasteiger partial charge on any atom is 0.337 e. The van der Waals surface area contributed by atoms with Gasteiger partial charge in [0.25, 0.3) is 0 Å². The van der Waals surface area contributed by atoms with Crippen molar-refractivity contribution in [3.63, 3.8) is 0 Å². The third-order valence-corrected chi connectivity index (χ3v) is 1.88. The zero-order valence-corrected chi connectivity index (χ0v) is 8.06. The van der Waals surface area contributed by atoms with E-state index < -0.39 is 5.97 Å². The summed E-state index contributed by atoms with van der Waals surface area (Å²) in [6.45, 7) is 0. The quantitative estimate of drug-likeness (QED) is 0.778. The van der Waals surface area contributed by atoms with Crippen molar-refractivity contribution in [1.82, 2.24) is 4.98 Å². The molecule has 0 aliphatic rings. The number of hydrogen-bond acceptors (Lipinski definition) is 3. The molecule has 1 heterocycles. The first-order valence-corrected chi connectivity index (χ1v) is 3.95. The van der Waals surface area contributed by atoms with Crippen LogP contribution in [0.25, 0.3) is 0 Å². The Labute approximate surface area is 84.1 Å². The van der Waals surface area contributed by atoms with Crippen LogP contribution in [0.5, 0.6) is 5.88 Å². The number of carboxylic acid groups (broad SMARTS) is 1. The van der Waals surface area contributed by atoms with E-state index in [4.69, 9.17) is 33.0 Å². The van der Waals surface area contributed by atoms with Crippen molar-refractivity contribution in [1.29, 1.82) is 0 Å². The van der Waals surface area contributed by atoms with E-state index in [0.29, 0.717) is 0 Å². The molecular formula is C7H5Cl2NO3. The van der Waals surface area contributed by atoms with Crippen LogP contribution in [0, 0.1) is 0 Å². The Morgan fingerprint density at radius 2 is 2.23 bits per heavy atom. The van der Waals surface area contributed by atoms with Gasteiger partial charge in [0.05, 0.1) is 12.7 Å². The summed E-state index contributed by atoms with van der Waals surface area (Å²) in [6, 6.07) is 1.16. The van der Waals surface area contributed by atoms with Gasteiger partial charge in [-0.1, -0.05) is 23.2 Å². The van der Waals surface area contributed by atoms with Crippen molar-refractivity contribution >= 4 is 29.2 Å². The number of carboxylic acids is 1. The fraction of sp³-hybridized carbons (Fsp3) is 0.143. The number of hydrogen-bond donors (Lipinski definition) is 1. The lowest BCUT2D eigenvalue weighted by Gasteiger charge is -2.04. The molecule has 13 heavy (non-hydrogen) atoms. The fourth-order valence-electron chi connectivity index (χ4n) is 0.767. The molecule has 1 N–H and O–H groups in total. The summed E-state index contributed by atoms with van der Waals surface area (Å²) >= 11 is 11.2. The smallest absolute Gasteiger partial charge is 0.337 e. The van der Waals surface area contributed by atoms with E-state index >= 15 is 0 Å². The number of ether oxygens (including phenoxy) is 1. The minimum atomic E-state index is -1.17. The molecule has 0 bridgehead atoms. The zero-order chi connectivity index (χ0) is 10.0. The number of halogens is 2. The number of aromatic carboxylic acids is 1. The number of methoxy groups -OCH3 is 1. The minimum Gasteiger partial charge on any atom is -0.480 e. The maximum absolute atomic E-state index is 10.6. The van der Waals surface area contributed by atoms with Crippen molar-refractivity contribution in [2.75, 3.05) is 7.11 Å². The topological polar surface area (TPSA) is 59.4 Å². The van der Waals surface area contributed by atoms with Crippen LogP contribution in [0.4, 0.5) is 0 Å². The molecule has 0 unspecified atom stereocenters. The maximum atomic E-state index is 10.6. The molecule has 0 atom stereocenters. The average molecular weight is 222 g/mol. The second kappa shape index (κ2) is 3.81. The number of nitrogens with zero attached hydrogens (tertiary/aromatic N) is 1. The Hall–Kier alpha value is -1.00. The number of carbonyl (C=O) groups is 1. The summed E-state index contributed by atoms with van der Waals surface area (Å²) in [5.41, 5.74) is -0.126. The standard InChI is InChI=1S/C7H5Cl2NO3/c1-13-6-5(9)3(7(11)12)2-4(8)10-6/h2H,1H3,(H,11,12). The van der Waals surface area contributed by atoms with E-state index in [0.717, 1.165) is 6.07 Å². The Kier molecular flexibility index (Phi) is 2.95. The fourth-order valence-corrected chi connectivity index (χ4v) is 1.21. The Morgan fingerprint density at radius 3 is 2.69 bits per heavy atom. The van der Waals surface area contributed by atoms with E-state index in [1.54, 1.807) is 0 Å². The highest BCUT2D eigenvalue weighted by atomic mass is 35.5. The van der Waals surface area contributed by atoms with Crippen LogP contribution in [0.15, 0.2) is 6.07 Å². The van der Waals surface area contributed by atoms with Gasteiger partial charge in [0, 0.05) is 0 Å². The van der Waals surface area contributed by atoms with Crippen molar-refractivity contribution in [2.45, 2.75) is 0 Å². The van der Waals surface area contributed by atoms with Gasteiger partial charge in [-0.05, 0) is 6.07 Å². The predicted molar refractivity (Wildman–Crippen MR) is 47.8 cm³/mol. The summed E-state index contributed by atoms with van der Waals surface area (Å²) in [6.07, 6.45) is 0. The van der Waals surface area contributed by atoms with E-state index in [1.165, 1.54) is 7.11 Å². The van der Waals surface area contributed by atoms with Gasteiger partial charge in [-0.3, -0.25) is 0 Å². The summed E-state index contributed by atoms with van der Waals surface area (Å²) in [4.78, 5) is 14.3. The molecule has 0 spiro atoms. The van der Waals surface area contributed by atoms with Crippen molar-refractivity contribution in [3.05, 3.63) is 21.8 Å². The van der Waals surface area contributed by atoms with Gasteiger partial charge < -0.3 is 9.84 Å². The van der Waals surface area contributed by atoms with Crippen LogP contribution in [0.3, 0.4) is 0 Å².